The van der Waals surface area contributed by atoms with E-state index in [2.05, 4.69) is 49.2 Å². The van der Waals surface area contributed by atoms with Crippen molar-refractivity contribution >= 4 is 28.5 Å². The quantitative estimate of drug-likeness (QED) is 0.348. The van der Waals surface area contributed by atoms with Crippen molar-refractivity contribution in [2.75, 3.05) is 11.5 Å². The summed E-state index contributed by atoms with van der Waals surface area (Å²) >= 11 is 0. The summed E-state index contributed by atoms with van der Waals surface area (Å²) in [5, 5.41) is 1.10. The molecule has 2 unspecified atom stereocenters. The van der Waals surface area contributed by atoms with E-state index in [9.17, 15) is 9.59 Å². The Kier molecular flexibility index (Phi) is 5.32. The Hall–Kier alpha value is -4.06. The van der Waals surface area contributed by atoms with Gasteiger partial charge < -0.3 is 9.72 Å². The maximum atomic E-state index is 14.1. The Morgan fingerprint density at radius 3 is 2.44 bits per heavy atom. The van der Waals surface area contributed by atoms with Crippen LogP contribution in [0.3, 0.4) is 0 Å². The molecule has 3 aromatic carbocycles. The minimum Gasteiger partial charge on any atom is -0.492 e. The van der Waals surface area contributed by atoms with E-state index in [1.54, 1.807) is 17.0 Å². The molecule has 3 heterocycles. The van der Waals surface area contributed by atoms with E-state index < -0.39 is 12.1 Å². The van der Waals surface area contributed by atoms with Crippen LogP contribution in [0.4, 0.5) is 10.5 Å². The molecule has 6 rings (SSSR count). The number of carbonyl (C=O) groups is 2. The van der Waals surface area contributed by atoms with Gasteiger partial charge in [-0.05, 0) is 47.7 Å². The summed E-state index contributed by atoms with van der Waals surface area (Å²) in [6, 6.07) is 22.5. The summed E-state index contributed by atoms with van der Waals surface area (Å²) in [5.74, 6) is 0.720. The van der Waals surface area contributed by atoms with Gasteiger partial charge in [0.1, 0.15) is 17.8 Å². The summed E-state index contributed by atoms with van der Waals surface area (Å²) < 4.78 is 5.78. The maximum Gasteiger partial charge on any atom is 0.333 e. The van der Waals surface area contributed by atoms with Gasteiger partial charge in [0.15, 0.2) is 0 Å². The number of hydrogen-bond donors (Lipinski definition) is 1. The van der Waals surface area contributed by atoms with E-state index in [4.69, 9.17) is 4.74 Å². The van der Waals surface area contributed by atoms with Gasteiger partial charge in [0.2, 0.25) is 0 Å². The Balaban J connectivity index is 1.51. The summed E-state index contributed by atoms with van der Waals surface area (Å²) in [7, 11) is 0. The molecule has 6 heteroatoms. The Morgan fingerprint density at radius 2 is 1.69 bits per heavy atom. The van der Waals surface area contributed by atoms with Crippen LogP contribution >= 0.6 is 0 Å². The van der Waals surface area contributed by atoms with Crippen molar-refractivity contribution in [3.05, 3.63) is 95.2 Å². The first-order chi connectivity index (χ1) is 17.5. The van der Waals surface area contributed by atoms with Crippen LogP contribution in [0.5, 0.6) is 5.75 Å². The summed E-state index contributed by atoms with van der Waals surface area (Å²) in [6.45, 7) is 6.67. The Morgan fingerprint density at radius 1 is 0.972 bits per heavy atom. The molecule has 4 aromatic rings. The van der Waals surface area contributed by atoms with Crippen LogP contribution in [0.2, 0.25) is 0 Å². The smallest absolute Gasteiger partial charge is 0.333 e. The van der Waals surface area contributed by atoms with Crippen LogP contribution in [0.1, 0.15) is 55.1 Å². The molecule has 182 valence electrons. The zero-order chi connectivity index (χ0) is 25.0. The highest BCUT2D eigenvalue weighted by atomic mass is 16.5. The van der Waals surface area contributed by atoms with Gasteiger partial charge in [-0.1, -0.05) is 68.4 Å². The van der Waals surface area contributed by atoms with Crippen LogP contribution in [0.15, 0.2) is 72.8 Å². The third-order valence-corrected chi connectivity index (χ3v) is 7.37. The van der Waals surface area contributed by atoms with Crippen molar-refractivity contribution in [2.24, 2.45) is 0 Å². The molecule has 1 saturated heterocycles. The highest BCUT2D eigenvalue weighted by Crippen LogP contribution is 2.46. The van der Waals surface area contributed by atoms with Crippen LogP contribution in [0.25, 0.3) is 10.9 Å². The number of imide groups is 1. The summed E-state index contributed by atoms with van der Waals surface area (Å²) in [4.78, 5) is 34.6. The van der Waals surface area contributed by atoms with Crippen molar-refractivity contribution < 1.29 is 14.3 Å². The van der Waals surface area contributed by atoms with E-state index in [-0.39, 0.29) is 11.9 Å². The number of H-pyrrole nitrogens is 1. The number of anilines is 1. The molecule has 6 nitrogen and oxygen atoms in total. The molecule has 3 amide bonds. The SMILES string of the molecule is CCOc1ccccc1N1C(=O)C2Cc3c([nH]c4ccccc34)C(c3ccc(C(C)C)cc3)N2C1=O. The standard InChI is InChI=1S/C30H29N3O3/c1-4-36-26-12-8-7-11-24(26)33-29(34)25-17-22-21-9-5-6-10-23(21)31-27(22)28(32(25)30(33)35)20-15-13-19(14-16-20)18(2)3/h5-16,18,25,28,31H,4,17H2,1-3H3. The summed E-state index contributed by atoms with van der Waals surface area (Å²) in [6.07, 6.45) is 0.470. The van der Waals surface area contributed by atoms with Crippen molar-refractivity contribution in [3.8, 4) is 5.75 Å². The minimum atomic E-state index is -0.589. The fourth-order valence-electron chi connectivity index (χ4n) is 5.63. The third kappa shape index (κ3) is 3.32. The van der Waals surface area contributed by atoms with Crippen molar-refractivity contribution in [3.63, 3.8) is 0 Å². The van der Waals surface area contributed by atoms with E-state index in [0.29, 0.717) is 30.4 Å². The molecule has 1 N–H and O–H groups in total. The first-order valence-electron chi connectivity index (χ1n) is 12.6. The minimum absolute atomic E-state index is 0.216. The maximum absolute atomic E-state index is 14.1. The molecule has 0 radical (unpaired) electrons. The summed E-state index contributed by atoms with van der Waals surface area (Å²) in [5.41, 5.74) is 5.81. The van der Waals surface area contributed by atoms with E-state index in [0.717, 1.165) is 27.7 Å². The van der Waals surface area contributed by atoms with Crippen molar-refractivity contribution in [2.45, 2.75) is 45.2 Å². The molecule has 0 aliphatic carbocycles. The predicted molar refractivity (Wildman–Crippen MR) is 140 cm³/mol. The zero-order valence-electron chi connectivity index (χ0n) is 20.7. The van der Waals surface area contributed by atoms with Crippen molar-refractivity contribution in [1.82, 2.24) is 9.88 Å². The molecular weight excluding hydrogens is 450 g/mol. The number of amides is 3. The first-order valence-corrected chi connectivity index (χ1v) is 12.6. The van der Waals surface area contributed by atoms with E-state index in [1.165, 1.54) is 10.5 Å². The number of hydrogen-bond acceptors (Lipinski definition) is 3. The van der Waals surface area contributed by atoms with Crippen LogP contribution in [-0.2, 0) is 11.2 Å². The molecule has 0 saturated carbocycles. The van der Waals surface area contributed by atoms with Gasteiger partial charge in [-0.25, -0.2) is 9.69 Å². The number of rotatable bonds is 5. The highest BCUT2D eigenvalue weighted by molar-refractivity contribution is 6.22. The van der Waals surface area contributed by atoms with E-state index in [1.807, 2.05) is 37.3 Å². The van der Waals surface area contributed by atoms with Gasteiger partial charge in [-0.15, -0.1) is 0 Å². The van der Waals surface area contributed by atoms with Gasteiger partial charge in [0, 0.05) is 23.0 Å². The number of ether oxygens (including phenoxy) is 1. The number of urea groups is 1. The van der Waals surface area contributed by atoms with Gasteiger partial charge in [0.25, 0.3) is 5.91 Å². The van der Waals surface area contributed by atoms with Gasteiger partial charge in [-0.2, -0.15) is 0 Å². The Bertz CT molecular complexity index is 1470. The van der Waals surface area contributed by atoms with Crippen molar-refractivity contribution in [1.29, 1.82) is 0 Å². The largest absolute Gasteiger partial charge is 0.492 e. The van der Waals surface area contributed by atoms with Gasteiger partial charge in [-0.3, -0.25) is 9.69 Å². The second-order valence-electron chi connectivity index (χ2n) is 9.77. The lowest BCUT2D eigenvalue weighted by atomic mass is 9.88. The second kappa shape index (κ2) is 8.55. The average molecular weight is 480 g/mol. The lowest BCUT2D eigenvalue weighted by molar-refractivity contribution is -0.120. The second-order valence-corrected chi connectivity index (χ2v) is 9.77. The highest BCUT2D eigenvalue weighted by Gasteiger charge is 2.53. The number of carbonyl (C=O) groups excluding carboxylic acids is 2. The number of benzene rings is 3. The Labute approximate surface area is 210 Å². The molecule has 0 bridgehead atoms. The van der Waals surface area contributed by atoms with Gasteiger partial charge >= 0.3 is 6.03 Å². The fourth-order valence-corrected chi connectivity index (χ4v) is 5.63. The number of fused-ring (bicyclic) bond motifs is 4. The molecule has 2 aliphatic rings. The molecule has 2 atom stereocenters. The van der Waals surface area contributed by atoms with Crippen LogP contribution in [0, 0.1) is 0 Å². The number of nitrogens with zero attached hydrogens (tertiary/aromatic N) is 2. The molecule has 2 aliphatic heterocycles. The molecule has 1 aromatic heterocycles. The normalized spacial score (nSPS) is 19.2. The molecule has 0 spiro atoms. The number of nitrogens with one attached hydrogen (secondary N) is 1. The molecular formula is C30H29N3O3. The predicted octanol–water partition coefficient (Wildman–Crippen LogP) is 6.17. The fraction of sp³-hybridized carbons (Fsp3) is 0.267. The monoisotopic (exact) mass is 479 g/mol. The van der Waals surface area contributed by atoms with Crippen LogP contribution < -0.4 is 9.64 Å². The lowest BCUT2D eigenvalue weighted by Crippen LogP contribution is -2.44. The lowest BCUT2D eigenvalue weighted by Gasteiger charge is -2.36. The number of aromatic nitrogens is 1. The molecule has 1 fully saturated rings. The number of aromatic amines is 1. The topological polar surface area (TPSA) is 65.6 Å². The first kappa shape index (κ1) is 22.4. The van der Waals surface area contributed by atoms with Gasteiger partial charge in [0.05, 0.1) is 12.3 Å². The average Bonchev–Trinajstić information content (AvgIpc) is 3.38. The number of para-hydroxylation sites is 3. The zero-order valence-corrected chi connectivity index (χ0v) is 20.7. The van der Waals surface area contributed by atoms with Crippen LogP contribution in [-0.4, -0.2) is 34.5 Å². The van der Waals surface area contributed by atoms with E-state index >= 15 is 0 Å². The third-order valence-electron chi connectivity index (χ3n) is 7.37. The molecule has 36 heavy (non-hydrogen) atoms.